The van der Waals surface area contributed by atoms with E-state index >= 15 is 0 Å². The summed E-state index contributed by atoms with van der Waals surface area (Å²) in [6, 6.07) is -0.638. The number of allylic oxidation sites excluding steroid dienone is 1. The maximum atomic E-state index is 12.7. The molecule has 8 nitrogen and oxygen atoms in total. The van der Waals surface area contributed by atoms with E-state index in [2.05, 4.69) is 25.2 Å². The highest BCUT2D eigenvalue weighted by molar-refractivity contribution is 7.45. The molecule has 1 amide bonds. The van der Waals surface area contributed by atoms with Gasteiger partial charge in [-0.15, -0.1) is 0 Å². The number of phosphoric acid groups is 1. The molecule has 244 valence electrons. The van der Waals surface area contributed by atoms with E-state index in [4.69, 9.17) is 13.8 Å². The highest BCUT2D eigenvalue weighted by Gasteiger charge is 2.24. The second-order valence-electron chi connectivity index (χ2n) is 12.4. The Hall–Kier alpha value is -0.760. The van der Waals surface area contributed by atoms with Gasteiger partial charge in [0.15, 0.2) is 0 Å². The van der Waals surface area contributed by atoms with Crippen LogP contribution in [0.3, 0.4) is 0 Å². The summed E-state index contributed by atoms with van der Waals surface area (Å²) in [4.78, 5) is 25.1. The number of ether oxygens (including phenoxy) is 1. The molecule has 0 aliphatic heterocycles. The predicted molar refractivity (Wildman–Crippen MR) is 169 cm³/mol. The van der Waals surface area contributed by atoms with Gasteiger partial charge in [0.25, 0.3) is 7.82 Å². The van der Waals surface area contributed by atoms with Crippen LogP contribution in [0.25, 0.3) is 0 Å². The van der Waals surface area contributed by atoms with Crippen molar-refractivity contribution >= 4 is 13.7 Å². The molecule has 0 aliphatic carbocycles. The molecule has 1 N–H and O–H groups in total. The van der Waals surface area contributed by atoms with Gasteiger partial charge in [-0.25, -0.2) is 0 Å². The summed E-state index contributed by atoms with van der Waals surface area (Å²) in [6.07, 6.45) is 24.4. The van der Waals surface area contributed by atoms with Crippen LogP contribution in [0.1, 0.15) is 129 Å². The third kappa shape index (κ3) is 26.6. The first-order chi connectivity index (χ1) is 19.5. The van der Waals surface area contributed by atoms with E-state index in [9.17, 15) is 14.3 Å². The van der Waals surface area contributed by atoms with Gasteiger partial charge in [-0.05, 0) is 19.3 Å². The number of rotatable bonds is 29. The number of quaternary nitrogens is 1. The summed E-state index contributed by atoms with van der Waals surface area (Å²) in [5, 5.41) is 2.95. The maximum Gasteiger partial charge on any atom is 0.268 e. The van der Waals surface area contributed by atoms with Crippen LogP contribution >= 0.6 is 7.82 Å². The van der Waals surface area contributed by atoms with E-state index in [0.29, 0.717) is 17.4 Å². The lowest BCUT2D eigenvalue weighted by Crippen LogP contribution is -2.46. The third-order valence-corrected chi connectivity index (χ3v) is 8.21. The minimum Gasteiger partial charge on any atom is -0.756 e. The average molecular weight is 605 g/mol. The molecule has 0 radical (unpaired) electrons. The number of carbonyl (C=O) groups is 1. The van der Waals surface area contributed by atoms with Crippen LogP contribution in [-0.2, 0) is 23.1 Å². The lowest BCUT2D eigenvalue weighted by molar-refractivity contribution is -0.870. The van der Waals surface area contributed by atoms with E-state index in [1.165, 1.54) is 70.6 Å². The molecule has 0 aromatic carbocycles. The Morgan fingerprint density at radius 1 is 0.829 bits per heavy atom. The van der Waals surface area contributed by atoms with Crippen molar-refractivity contribution in [3.05, 3.63) is 12.2 Å². The Labute approximate surface area is 253 Å². The summed E-state index contributed by atoms with van der Waals surface area (Å²) in [7, 11) is 2.93. The number of carbonyl (C=O) groups excluding carboxylic acids is 1. The first kappa shape index (κ1) is 40.2. The van der Waals surface area contributed by atoms with Crippen molar-refractivity contribution in [1.29, 1.82) is 0 Å². The highest BCUT2D eigenvalue weighted by atomic mass is 31.2. The minimum atomic E-state index is -4.51. The molecule has 0 aliphatic rings. The molecule has 0 saturated carbocycles. The molecule has 0 aromatic heterocycles. The second-order valence-corrected chi connectivity index (χ2v) is 13.8. The molecule has 0 spiro atoms. The quantitative estimate of drug-likeness (QED) is 0.0416. The predicted octanol–water partition coefficient (Wildman–Crippen LogP) is 7.31. The second kappa shape index (κ2) is 25.7. The van der Waals surface area contributed by atoms with Crippen LogP contribution in [0.2, 0.25) is 0 Å². The van der Waals surface area contributed by atoms with Crippen molar-refractivity contribution in [3.8, 4) is 0 Å². The number of amides is 1. The van der Waals surface area contributed by atoms with Crippen LogP contribution < -0.4 is 10.2 Å². The van der Waals surface area contributed by atoms with Crippen molar-refractivity contribution < 1.29 is 32.5 Å². The van der Waals surface area contributed by atoms with Crippen LogP contribution in [0, 0.1) is 0 Å². The number of phosphoric ester groups is 1. The molecular weight excluding hydrogens is 539 g/mol. The topological polar surface area (TPSA) is 96.9 Å². The van der Waals surface area contributed by atoms with E-state index in [-0.39, 0.29) is 19.1 Å². The fourth-order valence-electron chi connectivity index (χ4n) is 4.56. The van der Waals surface area contributed by atoms with Gasteiger partial charge >= 0.3 is 0 Å². The first-order valence-electron chi connectivity index (χ1n) is 16.4. The normalized spacial score (nSPS) is 15.2. The molecule has 0 fully saturated rings. The molecule has 0 saturated heterocycles. The largest absolute Gasteiger partial charge is 0.756 e. The lowest BCUT2D eigenvalue weighted by atomic mass is 10.0. The van der Waals surface area contributed by atoms with Gasteiger partial charge in [0.1, 0.15) is 13.2 Å². The Balaban J connectivity index is 4.72. The third-order valence-electron chi connectivity index (χ3n) is 7.25. The standard InChI is InChI=1S/C32H65N2O6P/c1-7-9-11-13-14-15-16-17-18-19-20-22-23-25-31(38-6)30(33-32(35)26-24-21-12-10-8-2)29-40-41(36,37)39-28-27-34(3,4)5/h23,25,30-31H,7-22,24,26-29H2,1-6H3,(H-,33,35,36,37)/b25-23+/t30-,31+/m0/s1. The lowest BCUT2D eigenvalue weighted by Gasteiger charge is -2.30. The van der Waals surface area contributed by atoms with Gasteiger partial charge in [-0.3, -0.25) is 9.36 Å². The van der Waals surface area contributed by atoms with Crippen molar-refractivity contribution in [2.45, 2.75) is 142 Å². The Bertz CT molecular complexity index is 698. The van der Waals surface area contributed by atoms with Gasteiger partial charge in [0.05, 0.1) is 39.9 Å². The van der Waals surface area contributed by atoms with E-state index in [1.54, 1.807) is 7.11 Å². The molecule has 0 rings (SSSR count). The number of methoxy groups -OCH3 is 1. The summed E-state index contributed by atoms with van der Waals surface area (Å²) < 4.78 is 28.9. The van der Waals surface area contributed by atoms with Crippen LogP contribution in [0.15, 0.2) is 12.2 Å². The Morgan fingerprint density at radius 2 is 1.34 bits per heavy atom. The number of likely N-dealkylation sites (N-methyl/N-ethyl adjacent to an activating group) is 1. The number of hydrogen-bond donors (Lipinski definition) is 1. The first-order valence-corrected chi connectivity index (χ1v) is 17.9. The van der Waals surface area contributed by atoms with Crippen molar-refractivity contribution in [3.63, 3.8) is 0 Å². The zero-order valence-corrected chi connectivity index (χ0v) is 28.4. The number of nitrogens with zero attached hydrogens (tertiary/aromatic N) is 1. The van der Waals surface area contributed by atoms with Crippen LogP contribution in [0.5, 0.6) is 0 Å². The molecule has 3 atom stereocenters. The molecule has 9 heteroatoms. The number of nitrogens with one attached hydrogen (secondary N) is 1. The summed E-state index contributed by atoms with van der Waals surface area (Å²) in [5.74, 6) is -0.123. The van der Waals surface area contributed by atoms with Crippen molar-refractivity contribution in [1.82, 2.24) is 5.32 Å². The molecule has 0 aromatic rings. The monoisotopic (exact) mass is 604 g/mol. The van der Waals surface area contributed by atoms with Gasteiger partial charge in [0, 0.05) is 13.5 Å². The average Bonchev–Trinajstić information content (AvgIpc) is 2.90. The van der Waals surface area contributed by atoms with Crippen molar-refractivity contribution in [2.75, 3.05) is 48.0 Å². The summed E-state index contributed by atoms with van der Waals surface area (Å²) >= 11 is 0. The van der Waals surface area contributed by atoms with Gasteiger partial charge in [0.2, 0.25) is 5.91 Å². The van der Waals surface area contributed by atoms with Gasteiger partial charge < -0.3 is 28.5 Å². The zero-order valence-electron chi connectivity index (χ0n) is 27.5. The van der Waals surface area contributed by atoms with Crippen LogP contribution in [-0.4, -0.2) is 70.5 Å². The highest BCUT2D eigenvalue weighted by Crippen LogP contribution is 2.38. The molecular formula is C32H65N2O6P. The van der Waals surface area contributed by atoms with E-state index in [0.717, 1.165) is 38.5 Å². The zero-order chi connectivity index (χ0) is 30.8. The number of unbranched alkanes of at least 4 members (excludes halogenated alkanes) is 15. The minimum absolute atomic E-state index is 0.0334. The van der Waals surface area contributed by atoms with E-state index in [1.807, 2.05) is 27.2 Å². The van der Waals surface area contributed by atoms with Gasteiger partial charge in [-0.1, -0.05) is 116 Å². The summed E-state index contributed by atoms with van der Waals surface area (Å²) in [6.45, 7) is 4.73. The fraction of sp³-hybridized carbons (Fsp3) is 0.906. The molecule has 0 bridgehead atoms. The maximum absolute atomic E-state index is 12.7. The smallest absolute Gasteiger partial charge is 0.268 e. The van der Waals surface area contributed by atoms with Gasteiger partial charge in [-0.2, -0.15) is 0 Å². The molecule has 41 heavy (non-hydrogen) atoms. The van der Waals surface area contributed by atoms with Crippen molar-refractivity contribution in [2.24, 2.45) is 0 Å². The summed E-state index contributed by atoms with van der Waals surface area (Å²) in [5.41, 5.74) is 0. The van der Waals surface area contributed by atoms with Crippen LogP contribution in [0.4, 0.5) is 0 Å². The van der Waals surface area contributed by atoms with E-state index < -0.39 is 20.0 Å². The number of hydrogen-bond acceptors (Lipinski definition) is 6. The molecule has 0 heterocycles. The Morgan fingerprint density at radius 3 is 1.85 bits per heavy atom. The Kier molecular flexibility index (Phi) is 25.2. The molecule has 1 unspecified atom stereocenters. The fourth-order valence-corrected chi connectivity index (χ4v) is 5.28. The SMILES string of the molecule is CCCCCCCCCCCCC/C=C/[C@@H](OC)[C@H](COP(=O)([O-])OCC[N+](C)(C)C)NC(=O)CCCCCCC.